The molecular weight excluding hydrogens is 328 g/mol. The van der Waals surface area contributed by atoms with Gasteiger partial charge in [-0.1, -0.05) is 18.2 Å². The van der Waals surface area contributed by atoms with Crippen molar-refractivity contribution in [2.24, 2.45) is 0 Å². The zero-order chi connectivity index (χ0) is 17.8. The van der Waals surface area contributed by atoms with Crippen LogP contribution in [0, 0.1) is 0 Å². The van der Waals surface area contributed by atoms with Crippen LogP contribution in [0.25, 0.3) is 11.3 Å². The lowest BCUT2D eigenvalue weighted by molar-refractivity contribution is 0.0342. The fourth-order valence-electron chi connectivity index (χ4n) is 3.70. The second-order valence-corrected chi connectivity index (χ2v) is 7.11. The Morgan fingerprint density at radius 1 is 0.962 bits per heavy atom. The molecule has 26 heavy (non-hydrogen) atoms. The number of furan rings is 1. The van der Waals surface area contributed by atoms with E-state index in [4.69, 9.17) is 9.15 Å². The van der Waals surface area contributed by atoms with Crippen molar-refractivity contribution in [2.75, 3.05) is 39.4 Å². The van der Waals surface area contributed by atoms with E-state index < -0.39 is 0 Å². The topological polar surface area (TPSA) is 45.9 Å². The van der Waals surface area contributed by atoms with Gasteiger partial charge < -0.3 is 14.1 Å². The first-order valence-corrected chi connectivity index (χ1v) is 9.58. The predicted octanol–water partition coefficient (Wildman–Crippen LogP) is 3.40. The van der Waals surface area contributed by atoms with Crippen molar-refractivity contribution >= 4 is 5.91 Å². The van der Waals surface area contributed by atoms with Crippen molar-refractivity contribution in [3.63, 3.8) is 0 Å². The summed E-state index contributed by atoms with van der Waals surface area (Å²) in [7, 11) is 0. The van der Waals surface area contributed by atoms with E-state index in [0.717, 1.165) is 70.1 Å². The average molecular weight is 354 g/mol. The Morgan fingerprint density at radius 2 is 1.77 bits per heavy atom. The minimum Gasteiger partial charge on any atom is -0.451 e. The molecule has 138 valence electrons. The maximum atomic E-state index is 12.6. The molecule has 0 N–H and O–H groups in total. The first-order valence-electron chi connectivity index (χ1n) is 9.58. The second-order valence-electron chi connectivity index (χ2n) is 7.11. The third-order valence-electron chi connectivity index (χ3n) is 5.18. The summed E-state index contributed by atoms with van der Waals surface area (Å²) in [6.45, 7) is 6.14. The van der Waals surface area contributed by atoms with Gasteiger partial charge in [0.05, 0.1) is 13.2 Å². The lowest BCUT2D eigenvalue weighted by atomic mass is 10.1. The molecule has 0 radical (unpaired) electrons. The fourth-order valence-corrected chi connectivity index (χ4v) is 3.70. The summed E-state index contributed by atoms with van der Waals surface area (Å²) in [6, 6.07) is 12.1. The van der Waals surface area contributed by atoms with Crippen molar-refractivity contribution < 1.29 is 13.9 Å². The molecule has 4 rings (SSSR count). The first-order chi connectivity index (χ1) is 12.8. The van der Waals surface area contributed by atoms with Gasteiger partial charge in [0.1, 0.15) is 5.76 Å². The highest BCUT2D eigenvalue weighted by Crippen LogP contribution is 2.25. The molecule has 0 aliphatic carbocycles. The summed E-state index contributed by atoms with van der Waals surface area (Å²) in [5.41, 5.74) is 2.28. The summed E-state index contributed by atoms with van der Waals surface area (Å²) in [5.74, 6) is 1.22. The largest absolute Gasteiger partial charge is 0.451 e. The molecule has 5 heteroatoms. The van der Waals surface area contributed by atoms with Crippen LogP contribution < -0.4 is 0 Å². The van der Waals surface area contributed by atoms with E-state index in [1.54, 1.807) is 6.07 Å². The number of ether oxygens (including phenoxy) is 1. The molecule has 0 saturated carbocycles. The third-order valence-corrected chi connectivity index (χ3v) is 5.18. The Balaban J connectivity index is 1.46. The van der Waals surface area contributed by atoms with Gasteiger partial charge in [0.25, 0.3) is 5.91 Å². The summed E-state index contributed by atoms with van der Waals surface area (Å²) in [5, 5.41) is 0. The molecule has 0 spiro atoms. The van der Waals surface area contributed by atoms with Crippen molar-refractivity contribution in [1.29, 1.82) is 0 Å². The highest BCUT2D eigenvalue weighted by Gasteiger charge is 2.21. The summed E-state index contributed by atoms with van der Waals surface area (Å²) in [6.07, 6.45) is 3.38. The van der Waals surface area contributed by atoms with Crippen LogP contribution in [0.3, 0.4) is 0 Å². The summed E-state index contributed by atoms with van der Waals surface area (Å²) in [4.78, 5) is 16.9. The molecule has 1 aromatic carbocycles. The normalized spacial score (nSPS) is 18.8. The predicted molar refractivity (Wildman–Crippen MR) is 100.0 cm³/mol. The molecule has 1 amide bonds. The SMILES string of the molecule is O=C(c1ccc(-c2cccc(CN3CCOCC3)c2)o1)N1CCCCC1. The van der Waals surface area contributed by atoms with Crippen molar-refractivity contribution in [1.82, 2.24) is 9.80 Å². The first kappa shape index (κ1) is 17.3. The zero-order valence-electron chi connectivity index (χ0n) is 15.2. The van der Waals surface area contributed by atoms with Gasteiger partial charge in [-0.15, -0.1) is 0 Å². The van der Waals surface area contributed by atoms with Crippen LogP contribution in [0.1, 0.15) is 35.4 Å². The Kier molecular flexibility index (Phi) is 5.37. The van der Waals surface area contributed by atoms with Crippen molar-refractivity contribution in [3.05, 3.63) is 47.7 Å². The molecule has 5 nitrogen and oxygen atoms in total. The molecule has 2 aromatic rings. The monoisotopic (exact) mass is 354 g/mol. The average Bonchev–Trinajstić information content (AvgIpc) is 3.19. The van der Waals surface area contributed by atoms with Crippen LogP contribution in [0.2, 0.25) is 0 Å². The number of rotatable bonds is 4. The smallest absolute Gasteiger partial charge is 0.289 e. The maximum absolute atomic E-state index is 12.6. The van der Waals surface area contributed by atoms with Gasteiger partial charge in [-0.3, -0.25) is 9.69 Å². The number of carbonyl (C=O) groups is 1. The van der Waals surface area contributed by atoms with E-state index in [2.05, 4.69) is 23.1 Å². The standard InChI is InChI=1S/C21H26N2O3/c24-21(23-9-2-1-3-10-23)20-8-7-19(26-20)18-6-4-5-17(15-18)16-22-11-13-25-14-12-22/h4-8,15H,1-3,9-14,16H2. The highest BCUT2D eigenvalue weighted by atomic mass is 16.5. The number of morpholine rings is 1. The number of likely N-dealkylation sites (tertiary alicyclic amines) is 1. The molecule has 2 saturated heterocycles. The number of hydrogen-bond acceptors (Lipinski definition) is 4. The number of piperidine rings is 1. The van der Waals surface area contributed by atoms with Crippen molar-refractivity contribution in [2.45, 2.75) is 25.8 Å². The van der Waals surface area contributed by atoms with Gasteiger partial charge in [0, 0.05) is 38.3 Å². The minimum absolute atomic E-state index is 0.0143. The van der Waals surface area contributed by atoms with Crippen LogP contribution in [0.15, 0.2) is 40.8 Å². The Morgan fingerprint density at radius 3 is 2.58 bits per heavy atom. The van der Waals surface area contributed by atoms with Crippen molar-refractivity contribution in [3.8, 4) is 11.3 Å². The minimum atomic E-state index is 0.0143. The van der Waals surface area contributed by atoms with E-state index in [1.165, 1.54) is 12.0 Å². The van der Waals surface area contributed by atoms with Crippen LogP contribution in [0.5, 0.6) is 0 Å². The molecule has 0 unspecified atom stereocenters. The molecule has 2 fully saturated rings. The number of benzene rings is 1. The molecule has 2 aliphatic heterocycles. The highest BCUT2D eigenvalue weighted by molar-refractivity contribution is 5.92. The summed E-state index contributed by atoms with van der Waals surface area (Å²) >= 11 is 0. The van der Waals surface area contributed by atoms with Gasteiger partial charge in [-0.2, -0.15) is 0 Å². The van der Waals surface area contributed by atoms with Crippen LogP contribution in [0.4, 0.5) is 0 Å². The fraction of sp³-hybridized carbons (Fsp3) is 0.476. The van der Waals surface area contributed by atoms with Gasteiger partial charge in [-0.25, -0.2) is 0 Å². The lowest BCUT2D eigenvalue weighted by Gasteiger charge is -2.26. The maximum Gasteiger partial charge on any atom is 0.289 e. The van der Waals surface area contributed by atoms with E-state index >= 15 is 0 Å². The number of nitrogens with zero attached hydrogens (tertiary/aromatic N) is 2. The third kappa shape index (κ3) is 4.00. The zero-order valence-corrected chi connectivity index (χ0v) is 15.2. The van der Waals surface area contributed by atoms with Gasteiger partial charge in [0.2, 0.25) is 0 Å². The molecule has 0 atom stereocenters. The van der Waals surface area contributed by atoms with E-state index in [-0.39, 0.29) is 5.91 Å². The molecule has 0 bridgehead atoms. The van der Waals surface area contributed by atoms with Gasteiger partial charge in [0.15, 0.2) is 5.76 Å². The van der Waals surface area contributed by atoms with E-state index in [9.17, 15) is 4.79 Å². The lowest BCUT2D eigenvalue weighted by Crippen LogP contribution is -2.35. The molecule has 2 aliphatic rings. The van der Waals surface area contributed by atoms with Crippen LogP contribution in [-0.4, -0.2) is 55.1 Å². The molecule has 3 heterocycles. The molecular formula is C21H26N2O3. The summed E-state index contributed by atoms with van der Waals surface area (Å²) < 4.78 is 11.3. The molecule has 1 aromatic heterocycles. The Labute approximate surface area is 154 Å². The van der Waals surface area contributed by atoms with Gasteiger partial charge in [-0.05, 0) is 43.0 Å². The quantitative estimate of drug-likeness (QED) is 0.844. The van der Waals surface area contributed by atoms with Gasteiger partial charge >= 0.3 is 0 Å². The van der Waals surface area contributed by atoms with Crippen LogP contribution in [-0.2, 0) is 11.3 Å². The number of hydrogen-bond donors (Lipinski definition) is 0. The number of amides is 1. The van der Waals surface area contributed by atoms with E-state index in [0.29, 0.717) is 5.76 Å². The second kappa shape index (κ2) is 8.06. The van der Waals surface area contributed by atoms with Crippen LogP contribution >= 0.6 is 0 Å². The number of carbonyl (C=O) groups excluding carboxylic acids is 1. The van der Waals surface area contributed by atoms with E-state index in [1.807, 2.05) is 17.0 Å². The Bertz CT molecular complexity index is 743. The Hall–Kier alpha value is -2.11.